The molecule has 170 valence electrons. The standard InChI is InChI=1S/C22H30N2O5S2/c1-4-22(5-2,13-19-23-17-9-7-8-10-18(17)30-19)21(26)29-14-20(25)24(6-3)16-11-12-31(27,28)15-16/h7-10,16H,4-6,11-15H2,1-3H3. The average molecular weight is 467 g/mol. The van der Waals surface area contributed by atoms with Gasteiger partial charge >= 0.3 is 5.97 Å². The van der Waals surface area contributed by atoms with Gasteiger partial charge in [-0.05, 0) is 38.3 Å². The summed E-state index contributed by atoms with van der Waals surface area (Å²) in [5.74, 6) is -0.677. The van der Waals surface area contributed by atoms with E-state index < -0.39 is 21.2 Å². The second kappa shape index (κ2) is 9.65. The monoisotopic (exact) mass is 466 g/mol. The molecule has 1 aromatic heterocycles. The minimum Gasteiger partial charge on any atom is -0.455 e. The maximum absolute atomic E-state index is 13.1. The lowest BCUT2D eigenvalue weighted by Gasteiger charge is -2.30. The van der Waals surface area contributed by atoms with Crippen LogP contribution >= 0.6 is 11.3 Å². The van der Waals surface area contributed by atoms with E-state index in [1.165, 1.54) is 4.90 Å². The number of rotatable bonds is 9. The number of hydrogen-bond donors (Lipinski definition) is 0. The third kappa shape index (κ3) is 5.26. The second-order valence-electron chi connectivity index (χ2n) is 8.05. The molecule has 0 saturated carbocycles. The number of likely N-dealkylation sites (N-methyl/N-ethyl adjacent to an activating group) is 1. The highest BCUT2D eigenvalue weighted by Crippen LogP contribution is 2.35. The van der Waals surface area contributed by atoms with E-state index in [9.17, 15) is 18.0 Å². The molecule has 31 heavy (non-hydrogen) atoms. The molecule has 0 N–H and O–H groups in total. The van der Waals surface area contributed by atoms with Crippen molar-refractivity contribution in [2.24, 2.45) is 5.41 Å². The van der Waals surface area contributed by atoms with Crippen molar-refractivity contribution < 1.29 is 22.7 Å². The molecule has 1 aliphatic rings. The molecule has 2 heterocycles. The van der Waals surface area contributed by atoms with Crippen LogP contribution in [0.15, 0.2) is 24.3 Å². The number of nitrogens with zero attached hydrogens (tertiary/aromatic N) is 2. The molecule has 1 atom stereocenters. The molecule has 0 spiro atoms. The summed E-state index contributed by atoms with van der Waals surface area (Å²) < 4.78 is 30.1. The van der Waals surface area contributed by atoms with Crippen LogP contribution in [-0.2, 0) is 30.6 Å². The molecule has 2 aromatic rings. The molecule has 1 saturated heterocycles. The van der Waals surface area contributed by atoms with Crippen molar-refractivity contribution in [2.75, 3.05) is 24.7 Å². The van der Waals surface area contributed by atoms with Crippen LogP contribution in [0, 0.1) is 5.41 Å². The summed E-state index contributed by atoms with van der Waals surface area (Å²) in [5.41, 5.74) is 0.166. The van der Waals surface area contributed by atoms with Gasteiger partial charge in [-0.15, -0.1) is 11.3 Å². The predicted molar refractivity (Wildman–Crippen MR) is 122 cm³/mol. The van der Waals surface area contributed by atoms with Crippen LogP contribution < -0.4 is 0 Å². The lowest BCUT2D eigenvalue weighted by Crippen LogP contribution is -2.44. The number of para-hydroxylation sites is 1. The maximum atomic E-state index is 13.1. The summed E-state index contributed by atoms with van der Waals surface area (Å²) in [5, 5.41) is 0.875. The molecule has 1 fully saturated rings. The molecular weight excluding hydrogens is 436 g/mol. The number of carbonyl (C=O) groups is 2. The molecule has 1 aliphatic heterocycles. The smallest absolute Gasteiger partial charge is 0.312 e. The van der Waals surface area contributed by atoms with Crippen molar-refractivity contribution in [1.82, 2.24) is 9.88 Å². The number of esters is 1. The Bertz CT molecular complexity index is 1010. The maximum Gasteiger partial charge on any atom is 0.312 e. The largest absolute Gasteiger partial charge is 0.455 e. The number of benzene rings is 1. The first kappa shape index (κ1) is 23.7. The quantitative estimate of drug-likeness (QED) is 0.527. The van der Waals surface area contributed by atoms with Crippen molar-refractivity contribution in [1.29, 1.82) is 0 Å². The van der Waals surface area contributed by atoms with E-state index in [0.717, 1.165) is 15.2 Å². The summed E-state index contributed by atoms with van der Waals surface area (Å²) in [6.45, 7) is 5.71. The van der Waals surface area contributed by atoms with Gasteiger partial charge in [0.15, 0.2) is 16.4 Å². The summed E-state index contributed by atoms with van der Waals surface area (Å²) in [6, 6.07) is 7.52. The molecule has 7 nitrogen and oxygen atoms in total. The summed E-state index contributed by atoms with van der Waals surface area (Å²) in [4.78, 5) is 32.0. The Morgan fingerprint density at radius 3 is 2.52 bits per heavy atom. The fourth-order valence-corrected chi connectivity index (χ4v) is 7.01. The highest BCUT2D eigenvalue weighted by atomic mass is 32.2. The van der Waals surface area contributed by atoms with Gasteiger partial charge in [-0.25, -0.2) is 13.4 Å². The van der Waals surface area contributed by atoms with Gasteiger partial charge in [-0.3, -0.25) is 9.59 Å². The topological polar surface area (TPSA) is 93.6 Å². The number of carbonyl (C=O) groups excluding carboxylic acids is 2. The Hall–Kier alpha value is -2.00. The van der Waals surface area contributed by atoms with Gasteiger partial charge in [-0.1, -0.05) is 26.0 Å². The van der Waals surface area contributed by atoms with Gasteiger partial charge in [0, 0.05) is 19.0 Å². The van der Waals surface area contributed by atoms with E-state index in [2.05, 4.69) is 4.98 Å². The van der Waals surface area contributed by atoms with Crippen molar-refractivity contribution in [3.63, 3.8) is 0 Å². The number of amides is 1. The van der Waals surface area contributed by atoms with E-state index in [1.807, 2.05) is 38.1 Å². The van der Waals surface area contributed by atoms with Crippen LogP contribution in [0.2, 0.25) is 0 Å². The minimum atomic E-state index is -3.10. The van der Waals surface area contributed by atoms with Crippen LogP contribution in [-0.4, -0.2) is 60.9 Å². The zero-order chi connectivity index (χ0) is 22.6. The fourth-order valence-electron chi connectivity index (χ4n) is 4.17. The van der Waals surface area contributed by atoms with E-state index in [4.69, 9.17) is 4.74 Å². The van der Waals surface area contributed by atoms with Crippen LogP contribution in [0.3, 0.4) is 0 Å². The Morgan fingerprint density at radius 2 is 1.94 bits per heavy atom. The first-order valence-electron chi connectivity index (χ1n) is 10.7. The van der Waals surface area contributed by atoms with Gasteiger partial charge in [-0.2, -0.15) is 0 Å². The van der Waals surface area contributed by atoms with Crippen molar-refractivity contribution in [3.05, 3.63) is 29.3 Å². The lowest BCUT2D eigenvalue weighted by molar-refractivity contribution is -0.162. The van der Waals surface area contributed by atoms with E-state index >= 15 is 0 Å². The molecular formula is C22H30N2O5S2. The fraction of sp³-hybridized carbons (Fsp3) is 0.591. The molecule has 0 radical (unpaired) electrons. The highest BCUT2D eigenvalue weighted by Gasteiger charge is 2.39. The second-order valence-corrected chi connectivity index (χ2v) is 11.4. The molecule has 1 amide bonds. The first-order valence-corrected chi connectivity index (χ1v) is 13.4. The third-order valence-corrected chi connectivity index (χ3v) is 9.04. The number of sulfone groups is 1. The van der Waals surface area contributed by atoms with E-state index in [0.29, 0.717) is 32.2 Å². The van der Waals surface area contributed by atoms with Crippen molar-refractivity contribution in [3.8, 4) is 0 Å². The van der Waals surface area contributed by atoms with Crippen LogP contribution in [0.25, 0.3) is 10.2 Å². The van der Waals surface area contributed by atoms with Gasteiger partial charge in [0.25, 0.3) is 5.91 Å². The number of fused-ring (bicyclic) bond motifs is 1. The number of aromatic nitrogens is 1. The summed E-state index contributed by atoms with van der Waals surface area (Å²) in [6.07, 6.45) is 2.04. The number of hydrogen-bond acceptors (Lipinski definition) is 7. The normalized spacial score (nSPS) is 18.2. The molecule has 9 heteroatoms. The van der Waals surface area contributed by atoms with Gasteiger partial charge in [0.2, 0.25) is 0 Å². The van der Waals surface area contributed by atoms with Gasteiger partial charge in [0.1, 0.15) is 0 Å². The predicted octanol–water partition coefficient (Wildman–Crippen LogP) is 3.22. The Labute approximate surface area is 187 Å². The molecule has 0 aliphatic carbocycles. The molecule has 3 rings (SSSR count). The van der Waals surface area contributed by atoms with E-state index in [-0.39, 0.29) is 30.1 Å². The Morgan fingerprint density at radius 1 is 1.23 bits per heavy atom. The number of thiazole rings is 1. The van der Waals surface area contributed by atoms with Crippen LogP contribution in [0.5, 0.6) is 0 Å². The summed E-state index contributed by atoms with van der Waals surface area (Å²) >= 11 is 1.57. The Kier molecular flexibility index (Phi) is 7.36. The Balaban J connectivity index is 1.67. The zero-order valence-electron chi connectivity index (χ0n) is 18.3. The SMILES string of the molecule is CCN(C(=O)COC(=O)C(CC)(CC)Cc1nc2ccccc2s1)C1CCS(=O)(=O)C1. The molecule has 1 unspecified atom stereocenters. The van der Waals surface area contributed by atoms with Crippen LogP contribution in [0.1, 0.15) is 45.0 Å². The van der Waals surface area contributed by atoms with E-state index in [1.54, 1.807) is 18.3 Å². The highest BCUT2D eigenvalue weighted by molar-refractivity contribution is 7.91. The molecule has 1 aromatic carbocycles. The number of ether oxygens (including phenoxy) is 1. The van der Waals surface area contributed by atoms with Crippen molar-refractivity contribution >= 4 is 43.3 Å². The average Bonchev–Trinajstić information content (AvgIpc) is 3.32. The summed E-state index contributed by atoms with van der Waals surface area (Å²) in [7, 11) is -3.10. The van der Waals surface area contributed by atoms with Crippen LogP contribution in [0.4, 0.5) is 0 Å². The zero-order valence-corrected chi connectivity index (χ0v) is 19.9. The third-order valence-electron chi connectivity index (χ3n) is 6.25. The molecule has 0 bridgehead atoms. The first-order chi connectivity index (χ1) is 14.7. The van der Waals surface area contributed by atoms with Crippen molar-refractivity contribution in [2.45, 2.75) is 52.5 Å². The van der Waals surface area contributed by atoms with Gasteiger partial charge < -0.3 is 9.64 Å². The minimum absolute atomic E-state index is 0.0218. The lowest BCUT2D eigenvalue weighted by atomic mass is 9.79. The van der Waals surface area contributed by atoms with Gasteiger partial charge in [0.05, 0.1) is 32.1 Å².